The first-order chi connectivity index (χ1) is 9.24. The maximum atomic E-state index is 9.73. The molecule has 2 heterocycles. The molecule has 1 fully saturated rings. The lowest BCUT2D eigenvalue weighted by molar-refractivity contribution is -0.0165. The van der Waals surface area contributed by atoms with Crippen LogP contribution in [0, 0.1) is 6.92 Å². The quantitative estimate of drug-likeness (QED) is 0.721. The van der Waals surface area contributed by atoms with Crippen LogP contribution in [-0.4, -0.2) is 48.7 Å². The molecule has 0 aliphatic carbocycles. The van der Waals surface area contributed by atoms with E-state index in [9.17, 15) is 5.11 Å². The lowest BCUT2D eigenvalue weighted by Gasteiger charge is -2.14. The Morgan fingerprint density at radius 2 is 2.53 bits per heavy atom. The van der Waals surface area contributed by atoms with Gasteiger partial charge in [0.1, 0.15) is 5.76 Å². The number of rotatable bonds is 8. The van der Waals surface area contributed by atoms with Gasteiger partial charge in [0.15, 0.2) is 0 Å². The van der Waals surface area contributed by atoms with Crippen molar-refractivity contribution in [3.8, 4) is 0 Å². The van der Waals surface area contributed by atoms with E-state index in [1.165, 1.54) is 0 Å². The van der Waals surface area contributed by atoms with Crippen LogP contribution in [0.5, 0.6) is 0 Å². The van der Waals surface area contributed by atoms with Crippen molar-refractivity contribution in [3.05, 3.63) is 17.8 Å². The molecule has 19 heavy (non-hydrogen) atoms. The Balaban J connectivity index is 1.50. The summed E-state index contributed by atoms with van der Waals surface area (Å²) in [7, 11) is 0. The molecule has 2 rings (SSSR count). The van der Waals surface area contributed by atoms with Gasteiger partial charge >= 0.3 is 0 Å². The Morgan fingerprint density at radius 1 is 1.63 bits per heavy atom. The first kappa shape index (κ1) is 14.5. The fourth-order valence-electron chi connectivity index (χ4n) is 2.00. The zero-order valence-corrected chi connectivity index (χ0v) is 11.3. The van der Waals surface area contributed by atoms with Gasteiger partial charge in [0.2, 0.25) is 5.89 Å². The molecule has 2 atom stereocenters. The summed E-state index contributed by atoms with van der Waals surface area (Å²) in [5.41, 5.74) is 0. The van der Waals surface area contributed by atoms with Gasteiger partial charge in [0.05, 0.1) is 38.2 Å². The van der Waals surface area contributed by atoms with Crippen molar-refractivity contribution in [2.75, 3.05) is 26.4 Å². The summed E-state index contributed by atoms with van der Waals surface area (Å²) in [5.74, 6) is 1.42. The summed E-state index contributed by atoms with van der Waals surface area (Å²) >= 11 is 0. The molecule has 0 amide bonds. The highest BCUT2D eigenvalue weighted by molar-refractivity contribution is 4.90. The molecule has 1 aromatic rings. The predicted octanol–water partition coefficient (Wildman–Crippen LogP) is 0.629. The third-order valence-electron chi connectivity index (χ3n) is 2.96. The van der Waals surface area contributed by atoms with Gasteiger partial charge in [-0.2, -0.15) is 0 Å². The topological polar surface area (TPSA) is 76.8 Å². The fraction of sp³-hybridized carbons (Fsp3) is 0.769. The Labute approximate surface area is 113 Å². The van der Waals surface area contributed by atoms with Gasteiger partial charge in [-0.3, -0.25) is 0 Å². The van der Waals surface area contributed by atoms with Crippen LogP contribution >= 0.6 is 0 Å². The Morgan fingerprint density at radius 3 is 3.21 bits per heavy atom. The van der Waals surface area contributed by atoms with Crippen LogP contribution in [0.3, 0.4) is 0 Å². The smallest absolute Gasteiger partial charge is 0.208 e. The summed E-state index contributed by atoms with van der Waals surface area (Å²) in [4.78, 5) is 4.07. The largest absolute Gasteiger partial charge is 0.445 e. The minimum Gasteiger partial charge on any atom is -0.445 e. The molecule has 1 aliphatic rings. The van der Waals surface area contributed by atoms with Crippen molar-refractivity contribution >= 4 is 0 Å². The maximum Gasteiger partial charge on any atom is 0.208 e. The lowest BCUT2D eigenvalue weighted by Crippen LogP contribution is -2.31. The first-order valence-electron chi connectivity index (χ1n) is 6.73. The number of aliphatic hydroxyl groups excluding tert-OH is 1. The second-order valence-electron chi connectivity index (χ2n) is 4.82. The standard InChI is InChI=1S/C13H22N2O4/c1-10-5-15-13(19-10)7-14-6-11(16)8-17-9-12-3-2-4-18-12/h5,11-12,14,16H,2-4,6-9H2,1H3. The van der Waals surface area contributed by atoms with Crippen LogP contribution in [0.2, 0.25) is 0 Å². The number of hydrogen-bond donors (Lipinski definition) is 2. The number of nitrogens with zero attached hydrogens (tertiary/aromatic N) is 1. The van der Waals surface area contributed by atoms with Gasteiger partial charge in [0.25, 0.3) is 0 Å². The van der Waals surface area contributed by atoms with Gasteiger partial charge in [-0.1, -0.05) is 0 Å². The van der Waals surface area contributed by atoms with Crippen LogP contribution in [0.1, 0.15) is 24.5 Å². The number of nitrogens with one attached hydrogen (secondary N) is 1. The van der Waals surface area contributed by atoms with Gasteiger partial charge in [-0.25, -0.2) is 4.98 Å². The van der Waals surface area contributed by atoms with Gasteiger partial charge in [-0.05, 0) is 19.8 Å². The number of ether oxygens (including phenoxy) is 2. The van der Waals surface area contributed by atoms with Crippen LogP contribution in [-0.2, 0) is 16.0 Å². The highest BCUT2D eigenvalue weighted by Gasteiger charge is 2.16. The molecule has 0 saturated carbocycles. The minimum atomic E-state index is -0.530. The van der Waals surface area contributed by atoms with E-state index in [4.69, 9.17) is 13.9 Å². The average Bonchev–Trinajstić information content (AvgIpc) is 3.01. The summed E-state index contributed by atoms with van der Waals surface area (Å²) in [5, 5.41) is 12.8. The van der Waals surface area contributed by atoms with Crippen molar-refractivity contribution in [3.63, 3.8) is 0 Å². The average molecular weight is 270 g/mol. The molecule has 1 aliphatic heterocycles. The van der Waals surface area contributed by atoms with E-state index >= 15 is 0 Å². The third-order valence-corrected chi connectivity index (χ3v) is 2.96. The van der Waals surface area contributed by atoms with E-state index in [0.29, 0.717) is 32.2 Å². The summed E-state index contributed by atoms with van der Waals surface area (Å²) < 4.78 is 16.2. The van der Waals surface area contributed by atoms with E-state index < -0.39 is 6.10 Å². The Kier molecular flexibility index (Phi) is 5.78. The molecule has 1 aromatic heterocycles. The molecule has 2 N–H and O–H groups in total. The zero-order chi connectivity index (χ0) is 13.5. The van der Waals surface area contributed by atoms with Crippen molar-refractivity contribution in [1.29, 1.82) is 0 Å². The summed E-state index contributed by atoms with van der Waals surface area (Å²) in [6, 6.07) is 0. The van der Waals surface area contributed by atoms with Crippen LogP contribution in [0.15, 0.2) is 10.6 Å². The molecule has 0 spiro atoms. The van der Waals surface area contributed by atoms with Crippen LogP contribution in [0.25, 0.3) is 0 Å². The molecule has 6 nitrogen and oxygen atoms in total. The molecule has 1 saturated heterocycles. The SMILES string of the molecule is Cc1cnc(CNCC(O)COCC2CCCO2)o1. The number of hydrogen-bond acceptors (Lipinski definition) is 6. The monoisotopic (exact) mass is 270 g/mol. The van der Waals surface area contributed by atoms with Crippen molar-refractivity contribution < 1.29 is 19.0 Å². The molecular formula is C13H22N2O4. The molecule has 6 heteroatoms. The van der Waals surface area contributed by atoms with E-state index in [0.717, 1.165) is 25.2 Å². The first-order valence-corrected chi connectivity index (χ1v) is 6.73. The van der Waals surface area contributed by atoms with E-state index in [-0.39, 0.29) is 6.10 Å². The molecule has 0 aromatic carbocycles. The second kappa shape index (κ2) is 7.59. The number of aromatic nitrogens is 1. The van der Waals surface area contributed by atoms with Crippen molar-refractivity contribution in [1.82, 2.24) is 10.3 Å². The molecule has 2 unspecified atom stereocenters. The summed E-state index contributed by atoms with van der Waals surface area (Å²) in [6.07, 6.45) is 3.51. The normalized spacial score (nSPS) is 20.8. The van der Waals surface area contributed by atoms with Crippen LogP contribution < -0.4 is 5.32 Å². The van der Waals surface area contributed by atoms with Gasteiger partial charge in [-0.15, -0.1) is 0 Å². The van der Waals surface area contributed by atoms with Gasteiger partial charge in [0, 0.05) is 13.2 Å². The van der Waals surface area contributed by atoms with Gasteiger partial charge < -0.3 is 24.3 Å². The third kappa shape index (κ3) is 5.28. The van der Waals surface area contributed by atoms with E-state index in [2.05, 4.69) is 10.3 Å². The maximum absolute atomic E-state index is 9.73. The minimum absolute atomic E-state index is 0.204. The van der Waals surface area contributed by atoms with E-state index in [1.807, 2.05) is 6.92 Å². The van der Waals surface area contributed by atoms with Crippen molar-refractivity contribution in [2.45, 2.75) is 38.5 Å². The number of aryl methyl sites for hydroxylation is 1. The van der Waals surface area contributed by atoms with Crippen LogP contribution in [0.4, 0.5) is 0 Å². The highest BCUT2D eigenvalue weighted by Crippen LogP contribution is 2.11. The Bertz CT molecular complexity index is 363. The van der Waals surface area contributed by atoms with Crippen molar-refractivity contribution in [2.24, 2.45) is 0 Å². The summed E-state index contributed by atoms with van der Waals surface area (Å²) in [6.45, 7) is 4.52. The Hall–Kier alpha value is -0.950. The second-order valence-corrected chi connectivity index (χ2v) is 4.82. The molecule has 108 valence electrons. The van der Waals surface area contributed by atoms with E-state index in [1.54, 1.807) is 6.20 Å². The fourth-order valence-corrected chi connectivity index (χ4v) is 2.00. The highest BCUT2D eigenvalue weighted by atomic mass is 16.5. The molecule has 0 radical (unpaired) electrons. The lowest BCUT2D eigenvalue weighted by atomic mass is 10.2. The zero-order valence-electron chi connectivity index (χ0n) is 11.3. The molecule has 0 bridgehead atoms. The predicted molar refractivity (Wildman–Crippen MR) is 68.7 cm³/mol. The molecular weight excluding hydrogens is 248 g/mol. The number of oxazole rings is 1. The number of aliphatic hydroxyl groups is 1.